The molecule has 0 saturated carbocycles. The molecule has 0 spiro atoms. The Labute approximate surface area is 140 Å². The number of hydroxylamine groups is 1. The van der Waals surface area contributed by atoms with Gasteiger partial charge in [-0.1, -0.05) is 18.2 Å². The lowest BCUT2D eigenvalue weighted by molar-refractivity contribution is 1.22. The highest BCUT2D eigenvalue weighted by molar-refractivity contribution is 5.69. The Hall–Kier alpha value is -3.02. The van der Waals surface area contributed by atoms with Gasteiger partial charge in [0, 0.05) is 28.4 Å². The molecule has 0 aliphatic heterocycles. The highest BCUT2D eigenvalue weighted by Crippen LogP contribution is 2.26. The van der Waals surface area contributed by atoms with E-state index in [1.165, 1.54) is 7.05 Å². The van der Waals surface area contributed by atoms with E-state index in [2.05, 4.69) is 5.32 Å². The fraction of sp³-hybridized carbons (Fsp3) is 0.0526. The molecule has 24 heavy (non-hydrogen) atoms. The maximum atomic E-state index is 12.3. The van der Waals surface area contributed by atoms with Crippen molar-refractivity contribution in [2.45, 2.75) is 0 Å². The van der Waals surface area contributed by atoms with Crippen molar-refractivity contribution in [3.05, 3.63) is 89.3 Å². The van der Waals surface area contributed by atoms with Crippen molar-refractivity contribution in [2.24, 2.45) is 0 Å². The SMILES string of the molecule is CN([O-])c1ccc(Nc2ccc(N([O-])c3ccccc3)cc2)cc1. The number of para-hydroxylation sites is 1. The third-order valence-corrected chi connectivity index (χ3v) is 3.61. The Morgan fingerprint density at radius 2 is 1.08 bits per heavy atom. The number of nitrogens with one attached hydrogen (secondary N) is 1. The highest BCUT2D eigenvalue weighted by Gasteiger charge is 2.00. The van der Waals surface area contributed by atoms with E-state index in [-0.39, 0.29) is 0 Å². The van der Waals surface area contributed by atoms with Gasteiger partial charge in [0.2, 0.25) is 0 Å². The predicted molar refractivity (Wildman–Crippen MR) is 99.9 cm³/mol. The van der Waals surface area contributed by atoms with Crippen LogP contribution >= 0.6 is 0 Å². The monoisotopic (exact) mass is 319 g/mol. The van der Waals surface area contributed by atoms with Crippen LogP contribution < -0.4 is 15.4 Å². The summed E-state index contributed by atoms with van der Waals surface area (Å²) in [6, 6.07) is 23.5. The first-order valence-corrected chi connectivity index (χ1v) is 7.54. The molecule has 0 aliphatic carbocycles. The molecule has 0 bridgehead atoms. The van der Waals surface area contributed by atoms with Crippen LogP contribution in [0.25, 0.3) is 0 Å². The summed E-state index contributed by atoms with van der Waals surface area (Å²) in [5.41, 5.74) is 3.49. The summed E-state index contributed by atoms with van der Waals surface area (Å²) < 4.78 is 0. The Bertz CT molecular complexity index is 772. The maximum absolute atomic E-state index is 12.3. The number of nitrogens with zero attached hydrogens (tertiary/aromatic N) is 2. The van der Waals surface area contributed by atoms with Gasteiger partial charge in [-0.15, -0.1) is 0 Å². The molecule has 0 atom stereocenters. The lowest BCUT2D eigenvalue weighted by Gasteiger charge is -2.30. The van der Waals surface area contributed by atoms with Crippen molar-refractivity contribution in [2.75, 3.05) is 22.5 Å². The van der Waals surface area contributed by atoms with Crippen molar-refractivity contribution in [1.82, 2.24) is 0 Å². The molecule has 0 unspecified atom stereocenters. The standard InChI is InChI=1S/C19H17N3O2/c1-21(23)17-11-7-15(8-12-17)20-16-9-13-19(14-10-16)22(24)18-5-3-2-4-6-18/h2-14,20H,1H3/q-2. The Morgan fingerprint density at radius 3 is 1.58 bits per heavy atom. The second kappa shape index (κ2) is 7.04. The lowest BCUT2D eigenvalue weighted by atomic mass is 10.2. The fourth-order valence-electron chi connectivity index (χ4n) is 2.31. The van der Waals surface area contributed by atoms with E-state index in [0.717, 1.165) is 21.5 Å². The van der Waals surface area contributed by atoms with Gasteiger partial charge in [0.15, 0.2) is 0 Å². The second-order valence-electron chi connectivity index (χ2n) is 5.35. The number of hydrogen-bond donors (Lipinski definition) is 1. The van der Waals surface area contributed by atoms with Crippen molar-refractivity contribution in [3.63, 3.8) is 0 Å². The van der Waals surface area contributed by atoms with Crippen LogP contribution in [0.4, 0.5) is 28.4 Å². The summed E-state index contributed by atoms with van der Waals surface area (Å²) in [6.07, 6.45) is 0. The zero-order chi connectivity index (χ0) is 16.9. The highest BCUT2D eigenvalue weighted by atomic mass is 16.5. The summed E-state index contributed by atoms with van der Waals surface area (Å²) >= 11 is 0. The average molecular weight is 319 g/mol. The molecule has 3 rings (SSSR count). The molecule has 3 aromatic rings. The van der Waals surface area contributed by atoms with E-state index < -0.39 is 0 Å². The van der Waals surface area contributed by atoms with Crippen LogP contribution in [0, 0.1) is 10.4 Å². The lowest BCUT2D eigenvalue weighted by Crippen LogP contribution is -2.06. The molecule has 3 aromatic carbocycles. The Kier molecular flexibility index (Phi) is 4.65. The van der Waals surface area contributed by atoms with E-state index in [1.54, 1.807) is 36.4 Å². The van der Waals surface area contributed by atoms with Gasteiger partial charge in [0.25, 0.3) is 0 Å². The molecule has 1 N–H and O–H groups in total. The summed E-state index contributed by atoms with van der Waals surface area (Å²) in [4.78, 5) is 0. The van der Waals surface area contributed by atoms with Gasteiger partial charge in [-0.05, 0) is 67.7 Å². The van der Waals surface area contributed by atoms with E-state index >= 15 is 0 Å². The molecule has 0 saturated heterocycles. The largest absolute Gasteiger partial charge is 0.758 e. The minimum Gasteiger partial charge on any atom is -0.758 e. The first kappa shape index (κ1) is 15.9. The molecule has 0 radical (unpaired) electrons. The Balaban J connectivity index is 1.70. The van der Waals surface area contributed by atoms with E-state index in [1.807, 2.05) is 42.5 Å². The number of rotatable bonds is 5. The van der Waals surface area contributed by atoms with Crippen molar-refractivity contribution in [3.8, 4) is 0 Å². The van der Waals surface area contributed by atoms with Gasteiger partial charge in [-0.2, -0.15) is 0 Å². The van der Waals surface area contributed by atoms with Gasteiger partial charge >= 0.3 is 0 Å². The van der Waals surface area contributed by atoms with Crippen LogP contribution in [-0.4, -0.2) is 7.05 Å². The quantitative estimate of drug-likeness (QED) is 0.670. The average Bonchev–Trinajstić information content (AvgIpc) is 2.63. The number of anilines is 5. The number of benzene rings is 3. The van der Waals surface area contributed by atoms with Crippen LogP contribution in [0.3, 0.4) is 0 Å². The van der Waals surface area contributed by atoms with E-state index in [4.69, 9.17) is 0 Å². The normalized spacial score (nSPS) is 10.3. The summed E-state index contributed by atoms with van der Waals surface area (Å²) in [5.74, 6) is 0. The topological polar surface area (TPSA) is 64.6 Å². The molecular formula is C19H17N3O2-2. The molecule has 5 nitrogen and oxygen atoms in total. The fourth-order valence-corrected chi connectivity index (χ4v) is 2.31. The van der Waals surface area contributed by atoms with Crippen molar-refractivity contribution < 1.29 is 0 Å². The van der Waals surface area contributed by atoms with Crippen LogP contribution in [0.2, 0.25) is 0 Å². The third kappa shape index (κ3) is 3.65. The molecule has 0 fully saturated rings. The maximum Gasteiger partial charge on any atom is 0.0385 e. The molecule has 0 amide bonds. The van der Waals surface area contributed by atoms with Gasteiger partial charge in [0.1, 0.15) is 0 Å². The zero-order valence-corrected chi connectivity index (χ0v) is 13.2. The molecule has 0 aliphatic rings. The minimum atomic E-state index is 0.565. The second-order valence-corrected chi connectivity index (χ2v) is 5.35. The van der Waals surface area contributed by atoms with Crippen LogP contribution in [-0.2, 0) is 0 Å². The van der Waals surface area contributed by atoms with Gasteiger partial charge < -0.3 is 25.9 Å². The molecule has 5 heteroatoms. The first-order chi connectivity index (χ1) is 11.6. The van der Waals surface area contributed by atoms with E-state index in [9.17, 15) is 10.4 Å². The smallest absolute Gasteiger partial charge is 0.0385 e. The van der Waals surface area contributed by atoms with Crippen molar-refractivity contribution in [1.29, 1.82) is 0 Å². The minimum absolute atomic E-state index is 0.565. The first-order valence-electron chi connectivity index (χ1n) is 7.54. The van der Waals surface area contributed by atoms with Crippen LogP contribution in [0.15, 0.2) is 78.9 Å². The summed E-state index contributed by atoms with van der Waals surface area (Å²) in [6.45, 7) is 0. The predicted octanol–water partition coefficient (Wildman–Crippen LogP) is 5.00. The van der Waals surface area contributed by atoms with Gasteiger partial charge in [-0.3, -0.25) is 0 Å². The van der Waals surface area contributed by atoms with Crippen LogP contribution in [0.5, 0.6) is 0 Å². The van der Waals surface area contributed by atoms with Gasteiger partial charge in [-0.25, -0.2) is 0 Å². The van der Waals surface area contributed by atoms with Crippen LogP contribution in [0.1, 0.15) is 0 Å². The summed E-state index contributed by atoms with van der Waals surface area (Å²) in [5, 5.41) is 28.4. The van der Waals surface area contributed by atoms with Gasteiger partial charge in [0.05, 0.1) is 0 Å². The molecule has 0 heterocycles. The molecule has 122 valence electrons. The van der Waals surface area contributed by atoms with Crippen molar-refractivity contribution >= 4 is 28.4 Å². The molecular weight excluding hydrogens is 302 g/mol. The molecule has 0 aromatic heterocycles. The van der Waals surface area contributed by atoms with E-state index in [0.29, 0.717) is 17.1 Å². The Morgan fingerprint density at radius 1 is 0.625 bits per heavy atom. The third-order valence-electron chi connectivity index (χ3n) is 3.61. The zero-order valence-electron chi connectivity index (χ0n) is 13.2. The summed E-state index contributed by atoms with van der Waals surface area (Å²) in [7, 11) is 1.46. The number of hydrogen-bond acceptors (Lipinski definition) is 5.